The average molecular weight is 417 g/mol. The topological polar surface area (TPSA) is 139 Å². The summed E-state index contributed by atoms with van der Waals surface area (Å²) in [5, 5.41) is 21.3. The first-order valence-electron chi connectivity index (χ1n) is 9.32. The molecule has 3 rings (SSSR count). The van der Waals surface area contributed by atoms with Crippen LogP contribution in [0.2, 0.25) is 0 Å². The highest BCUT2D eigenvalue weighted by atomic mass is 32.3. The molecule has 1 atom stereocenters. The zero-order chi connectivity index (χ0) is 20.1. The number of amides is 1. The molecule has 2 saturated heterocycles. The number of rotatable bonds is 6. The molecule has 0 saturated carbocycles. The molecule has 1 amide bonds. The van der Waals surface area contributed by atoms with Crippen LogP contribution in [0.5, 0.6) is 0 Å². The Hall–Kier alpha value is -1.63. The van der Waals surface area contributed by atoms with Gasteiger partial charge < -0.3 is 25.2 Å². The molecule has 0 spiro atoms. The third-order valence-electron chi connectivity index (χ3n) is 5.05. The van der Waals surface area contributed by atoms with Gasteiger partial charge in [0.05, 0.1) is 25.3 Å². The minimum absolute atomic E-state index is 0.149. The molecule has 2 fully saturated rings. The predicted molar refractivity (Wildman–Crippen MR) is 105 cm³/mol. The van der Waals surface area contributed by atoms with Gasteiger partial charge in [0.15, 0.2) is 5.94 Å². The van der Waals surface area contributed by atoms with Crippen molar-refractivity contribution in [1.82, 2.24) is 15.2 Å². The Balaban J connectivity index is 1.65. The van der Waals surface area contributed by atoms with Gasteiger partial charge in [-0.15, -0.1) is 0 Å². The average Bonchev–Trinajstić information content (AvgIpc) is 2.66. The number of pyridine rings is 1. The van der Waals surface area contributed by atoms with Gasteiger partial charge in [-0.1, -0.05) is 16.8 Å². The molecule has 2 aliphatic rings. The maximum atomic E-state index is 11.2. The number of likely N-dealkylation sites (tertiary alicyclic amines) is 1. The minimum Gasteiger partial charge on any atom is -0.465 e. The molecule has 1 aromatic rings. The predicted octanol–water partition coefficient (Wildman–Crippen LogP) is 1.70. The fraction of sp³-hybridized carbons (Fsp3) is 0.647. The summed E-state index contributed by atoms with van der Waals surface area (Å²) in [6.07, 6.45) is 2.27. The summed E-state index contributed by atoms with van der Waals surface area (Å²) in [4.78, 5) is 17.8. The largest absolute Gasteiger partial charge is 0.465 e. The van der Waals surface area contributed by atoms with E-state index in [9.17, 15) is 24.1 Å². The van der Waals surface area contributed by atoms with E-state index in [-0.39, 0.29) is 12.0 Å². The van der Waals surface area contributed by atoms with Crippen LogP contribution in [0.1, 0.15) is 30.9 Å². The Morgan fingerprint density at radius 2 is 2.07 bits per heavy atom. The van der Waals surface area contributed by atoms with Gasteiger partial charge >= 0.3 is 6.09 Å². The smallest absolute Gasteiger partial charge is 0.405 e. The number of nitrogens with zero attached hydrogens (tertiary/aromatic N) is 3. The Kier molecular flexibility index (Phi) is 6.96. The fourth-order valence-electron chi connectivity index (χ4n) is 3.47. The number of nitrogens with one attached hydrogen (secondary N) is 1. The molecule has 2 aliphatic heterocycles. The van der Waals surface area contributed by atoms with E-state index < -0.39 is 22.9 Å². The Labute approximate surface area is 165 Å². The standard InChI is InChI=1S/C17H28N4O6S/c22-14-3-6-20(7-4-14)8-5-15(19-17(23)24)13-1-2-16(18-11-13)21-9-10-27-12-28(21,25)26/h1-2,11,14-15,19,22,25-26H,3-10,12H2,(H,23,24)/t15-/m1/s1. The van der Waals surface area contributed by atoms with Crippen LogP contribution in [0.3, 0.4) is 0 Å². The van der Waals surface area contributed by atoms with Crippen molar-refractivity contribution in [3.63, 3.8) is 0 Å². The van der Waals surface area contributed by atoms with Crippen molar-refractivity contribution in [2.75, 3.05) is 43.0 Å². The van der Waals surface area contributed by atoms with Crippen LogP contribution >= 0.6 is 10.8 Å². The van der Waals surface area contributed by atoms with Crippen molar-refractivity contribution >= 4 is 22.7 Å². The lowest BCUT2D eigenvalue weighted by Gasteiger charge is -2.45. The first-order valence-corrected chi connectivity index (χ1v) is 11.0. The molecular formula is C17H28N4O6S. The van der Waals surface area contributed by atoms with Crippen LogP contribution in [0, 0.1) is 0 Å². The monoisotopic (exact) mass is 416 g/mol. The SMILES string of the molecule is O=C(O)N[C@H](CCN1CCC(O)CC1)c1ccc(N2CCOCS2(O)O)nc1. The summed E-state index contributed by atoms with van der Waals surface area (Å²) in [6, 6.07) is 3.01. The number of hydrogen-bond acceptors (Lipinski definition) is 8. The molecule has 5 N–H and O–H groups in total. The number of carboxylic acid groups (broad SMARTS) is 1. The van der Waals surface area contributed by atoms with Gasteiger partial charge in [-0.05, 0) is 30.9 Å². The van der Waals surface area contributed by atoms with Crippen LogP contribution in [0.4, 0.5) is 10.6 Å². The van der Waals surface area contributed by atoms with E-state index >= 15 is 0 Å². The quantitative estimate of drug-likeness (QED) is 0.469. The van der Waals surface area contributed by atoms with Crippen molar-refractivity contribution in [2.24, 2.45) is 0 Å². The van der Waals surface area contributed by atoms with E-state index in [4.69, 9.17) is 4.74 Å². The number of aliphatic hydroxyl groups excluding tert-OH is 1. The van der Waals surface area contributed by atoms with E-state index in [0.717, 1.165) is 25.9 Å². The van der Waals surface area contributed by atoms with Crippen molar-refractivity contribution in [2.45, 2.75) is 31.4 Å². The molecule has 10 nitrogen and oxygen atoms in total. The number of hydrogen-bond donors (Lipinski definition) is 5. The highest BCUT2D eigenvalue weighted by Crippen LogP contribution is 2.47. The number of carbonyl (C=O) groups is 1. The molecule has 11 heteroatoms. The molecule has 158 valence electrons. The molecule has 3 heterocycles. The van der Waals surface area contributed by atoms with Crippen LogP contribution < -0.4 is 9.62 Å². The third-order valence-corrected chi connectivity index (χ3v) is 6.61. The van der Waals surface area contributed by atoms with E-state index in [1.807, 2.05) is 0 Å². The second-order valence-corrected chi connectivity index (χ2v) is 9.01. The number of piperidine rings is 1. The van der Waals surface area contributed by atoms with Crippen LogP contribution in [0.15, 0.2) is 18.3 Å². The fourth-order valence-corrected chi connectivity index (χ4v) is 4.71. The zero-order valence-corrected chi connectivity index (χ0v) is 16.4. The highest BCUT2D eigenvalue weighted by Gasteiger charge is 2.28. The maximum absolute atomic E-state index is 11.2. The van der Waals surface area contributed by atoms with Crippen LogP contribution in [-0.2, 0) is 4.74 Å². The van der Waals surface area contributed by atoms with Crippen molar-refractivity contribution in [3.05, 3.63) is 23.9 Å². The number of aliphatic hydroxyl groups is 1. The van der Waals surface area contributed by atoms with E-state index in [1.54, 1.807) is 18.3 Å². The van der Waals surface area contributed by atoms with Crippen molar-refractivity contribution in [3.8, 4) is 0 Å². The minimum atomic E-state index is -3.05. The van der Waals surface area contributed by atoms with Crippen molar-refractivity contribution in [1.29, 1.82) is 0 Å². The summed E-state index contributed by atoms with van der Waals surface area (Å²) in [5.74, 6) is 0.274. The van der Waals surface area contributed by atoms with Gasteiger partial charge in [-0.2, -0.15) is 0 Å². The summed E-state index contributed by atoms with van der Waals surface area (Å²) < 4.78 is 26.8. The molecular weight excluding hydrogens is 388 g/mol. The van der Waals surface area contributed by atoms with Crippen LogP contribution in [0.25, 0.3) is 0 Å². The number of ether oxygens (including phenoxy) is 1. The number of aromatic nitrogens is 1. The molecule has 0 radical (unpaired) electrons. The normalized spacial score (nSPS) is 23.2. The number of anilines is 1. The second-order valence-electron chi connectivity index (χ2n) is 7.07. The summed E-state index contributed by atoms with van der Waals surface area (Å²) in [5.41, 5.74) is 0.716. The maximum Gasteiger partial charge on any atom is 0.405 e. The van der Waals surface area contributed by atoms with Crippen LogP contribution in [-0.4, -0.2) is 80.1 Å². The van der Waals surface area contributed by atoms with Gasteiger partial charge in [-0.25, -0.2) is 9.78 Å². The lowest BCUT2D eigenvalue weighted by atomic mass is 10.0. The summed E-state index contributed by atoms with van der Waals surface area (Å²) in [7, 11) is -3.05. The lowest BCUT2D eigenvalue weighted by molar-refractivity contribution is 0.0806. The second kappa shape index (κ2) is 9.25. The van der Waals surface area contributed by atoms with Gasteiger partial charge in [0.25, 0.3) is 0 Å². The lowest BCUT2D eigenvalue weighted by Crippen LogP contribution is -2.39. The van der Waals surface area contributed by atoms with Gasteiger partial charge in [0.2, 0.25) is 0 Å². The highest BCUT2D eigenvalue weighted by molar-refractivity contribution is 8.25. The molecule has 0 aromatic carbocycles. The third kappa shape index (κ3) is 5.46. The summed E-state index contributed by atoms with van der Waals surface area (Å²) >= 11 is 0. The first-order chi connectivity index (χ1) is 13.3. The molecule has 0 aliphatic carbocycles. The summed E-state index contributed by atoms with van der Waals surface area (Å²) in [6.45, 7) is 3.02. The molecule has 0 unspecified atom stereocenters. The van der Waals surface area contributed by atoms with E-state index in [1.165, 1.54) is 4.31 Å². The van der Waals surface area contributed by atoms with E-state index in [0.29, 0.717) is 37.5 Å². The molecule has 0 bridgehead atoms. The Morgan fingerprint density at radius 1 is 1.32 bits per heavy atom. The van der Waals surface area contributed by atoms with Gasteiger partial charge in [0, 0.05) is 25.8 Å². The van der Waals surface area contributed by atoms with Gasteiger partial charge in [-0.3, -0.25) is 13.4 Å². The van der Waals surface area contributed by atoms with Gasteiger partial charge in [0.1, 0.15) is 5.82 Å². The Bertz CT molecular complexity index is 654. The first kappa shape index (κ1) is 21.1. The molecule has 28 heavy (non-hydrogen) atoms. The van der Waals surface area contributed by atoms with Crippen molar-refractivity contribution < 1.29 is 28.8 Å². The molecule has 1 aromatic heterocycles. The zero-order valence-electron chi connectivity index (χ0n) is 15.6. The Morgan fingerprint density at radius 3 is 2.68 bits per heavy atom. The van der Waals surface area contributed by atoms with E-state index in [2.05, 4.69) is 15.2 Å².